The third kappa shape index (κ3) is 3.99. The molecule has 2 aliphatic rings. The minimum absolute atomic E-state index is 0.694. The van der Waals surface area contributed by atoms with Gasteiger partial charge in [-0.25, -0.2) is 0 Å². The molecule has 0 bridgehead atoms. The Bertz CT molecular complexity index is 1370. The van der Waals surface area contributed by atoms with Crippen molar-refractivity contribution in [3.05, 3.63) is 130 Å². The summed E-state index contributed by atoms with van der Waals surface area (Å²) in [5.41, 5.74) is 14.9. The molecular weight excluding hydrogens is 615 g/mol. The van der Waals surface area contributed by atoms with Crippen LogP contribution in [0.25, 0.3) is 34.4 Å². The van der Waals surface area contributed by atoms with Crippen molar-refractivity contribution in [2.75, 3.05) is 0 Å². The van der Waals surface area contributed by atoms with Crippen LogP contribution in [-0.4, -0.2) is 5.98 Å². The fourth-order valence-corrected chi connectivity index (χ4v) is 39.5. The maximum atomic E-state index is 2.65. The van der Waals surface area contributed by atoms with Crippen LogP contribution in [-0.2, 0) is 20.6 Å². The predicted molar refractivity (Wildman–Crippen MR) is 155 cm³/mol. The molecule has 2 aliphatic carbocycles. The summed E-state index contributed by atoms with van der Waals surface area (Å²) in [6, 6.07) is 36.1. The fraction of sp³-hybridized carbons (Fsp3) is 0.176. The quantitative estimate of drug-likeness (QED) is 0.190. The zero-order valence-corrected chi connectivity index (χ0v) is 26.4. The second kappa shape index (κ2) is 9.72. The first kappa shape index (κ1) is 23.8. The van der Waals surface area contributed by atoms with Crippen molar-refractivity contribution in [2.45, 2.75) is 34.3 Å². The van der Waals surface area contributed by atoms with Crippen LogP contribution in [0.3, 0.4) is 0 Å². The van der Waals surface area contributed by atoms with Crippen molar-refractivity contribution < 1.29 is 20.6 Å². The van der Waals surface area contributed by atoms with Gasteiger partial charge >= 0.3 is 226 Å². The van der Waals surface area contributed by atoms with E-state index >= 15 is 0 Å². The Hall–Kier alpha value is -2.55. The molecule has 0 radical (unpaired) electrons. The van der Waals surface area contributed by atoms with E-state index in [0.29, 0.717) is 7.35 Å². The second-order valence-corrected chi connectivity index (χ2v) is 38.6. The zero-order valence-electron chi connectivity index (χ0n) is 21.6. The van der Waals surface area contributed by atoms with Gasteiger partial charge < -0.3 is 0 Å². The van der Waals surface area contributed by atoms with Crippen molar-refractivity contribution in [1.29, 1.82) is 0 Å². The molecule has 177 valence electrons. The summed E-state index contributed by atoms with van der Waals surface area (Å²) < 4.78 is 1.39. The van der Waals surface area contributed by atoms with Gasteiger partial charge in [0.1, 0.15) is 0 Å². The first-order valence-corrected chi connectivity index (χ1v) is 26.4. The molecule has 0 heterocycles. The number of allylic oxidation sites excluding steroid dienone is 2. The standard InChI is InChI=1S/2C16H13.C2H7Si.Hf/c2*1-12-10-14-8-5-9-15(16(14)11-12)13-6-3-2-4-7-13;1-3-2;/h2*2-11H,1H3;3H,1-2H3;. The molecule has 4 aromatic carbocycles. The fourth-order valence-electron chi connectivity index (χ4n) is 6.56. The van der Waals surface area contributed by atoms with Crippen molar-refractivity contribution >= 4 is 18.1 Å². The Balaban J connectivity index is 1.47. The van der Waals surface area contributed by atoms with Gasteiger partial charge in [-0.1, -0.05) is 0 Å². The number of hydrogen-bond acceptors (Lipinski definition) is 0. The molecule has 36 heavy (non-hydrogen) atoms. The van der Waals surface area contributed by atoms with Gasteiger partial charge in [-0.05, 0) is 0 Å². The van der Waals surface area contributed by atoms with Gasteiger partial charge in [0.25, 0.3) is 0 Å². The van der Waals surface area contributed by atoms with Crippen LogP contribution in [0.4, 0.5) is 0 Å². The third-order valence-electron chi connectivity index (χ3n) is 8.06. The molecule has 2 heteroatoms. The average molecular weight is 648 g/mol. The van der Waals surface area contributed by atoms with E-state index in [1.54, 1.807) is 22.3 Å². The SMILES string of the molecule is CC1=Cc2c(-c3ccccc3)cccc2[CH]1[Hf]([CH]1C(C)=Cc2c(-c3ccccc3)cccc21)[SiH](C)C. The summed E-state index contributed by atoms with van der Waals surface area (Å²) in [7, 11) is 0. The monoisotopic (exact) mass is 649 g/mol. The van der Waals surface area contributed by atoms with E-state index in [-0.39, 0.29) is 0 Å². The van der Waals surface area contributed by atoms with Crippen molar-refractivity contribution in [2.24, 2.45) is 0 Å². The molecule has 4 aromatic rings. The van der Waals surface area contributed by atoms with E-state index in [1.807, 2.05) is 0 Å². The van der Waals surface area contributed by atoms with Gasteiger partial charge in [-0.3, -0.25) is 0 Å². The minimum atomic E-state index is -2.22. The van der Waals surface area contributed by atoms with Gasteiger partial charge in [0.05, 0.1) is 0 Å². The molecule has 6 rings (SSSR count). The molecule has 0 N–H and O–H groups in total. The van der Waals surface area contributed by atoms with Gasteiger partial charge in [-0.15, -0.1) is 0 Å². The molecule has 0 aliphatic heterocycles. The zero-order chi connectivity index (χ0) is 24.8. The molecule has 2 unspecified atom stereocenters. The summed E-state index contributed by atoms with van der Waals surface area (Å²) in [6.07, 6.45) is 5.08. The van der Waals surface area contributed by atoms with E-state index < -0.39 is 26.6 Å². The number of hydrogen-bond donors (Lipinski definition) is 0. The van der Waals surface area contributed by atoms with E-state index in [1.165, 1.54) is 33.4 Å². The van der Waals surface area contributed by atoms with Crippen LogP contribution < -0.4 is 0 Å². The van der Waals surface area contributed by atoms with E-state index in [9.17, 15) is 0 Å². The number of benzene rings is 4. The van der Waals surface area contributed by atoms with Crippen LogP contribution in [0.1, 0.15) is 43.5 Å². The predicted octanol–water partition coefficient (Wildman–Crippen LogP) is 9.24. The van der Waals surface area contributed by atoms with E-state index in [4.69, 9.17) is 0 Å². The van der Waals surface area contributed by atoms with Gasteiger partial charge in [0, 0.05) is 0 Å². The summed E-state index contributed by atoms with van der Waals surface area (Å²) in [5.74, 6) is -0.834. The normalized spacial score (nSPS) is 18.0. The molecule has 0 amide bonds. The Morgan fingerprint density at radius 3 is 1.33 bits per heavy atom. The van der Waals surface area contributed by atoms with Crippen molar-refractivity contribution in [1.82, 2.24) is 0 Å². The molecule has 0 fully saturated rings. The Morgan fingerprint density at radius 1 is 0.528 bits per heavy atom. The second-order valence-electron chi connectivity index (χ2n) is 10.6. The first-order chi connectivity index (χ1) is 17.5. The Labute approximate surface area is 224 Å². The molecule has 0 nitrogen and oxygen atoms in total. The summed E-state index contributed by atoms with van der Waals surface area (Å²) in [5, 5.41) is 0. The van der Waals surface area contributed by atoms with Crippen LogP contribution in [0.5, 0.6) is 0 Å². The maximum absolute atomic E-state index is 2.65. The van der Waals surface area contributed by atoms with Crippen LogP contribution in [0.2, 0.25) is 13.1 Å². The number of rotatable bonds is 5. The van der Waals surface area contributed by atoms with Crippen LogP contribution >= 0.6 is 0 Å². The summed E-state index contributed by atoms with van der Waals surface area (Å²) in [6.45, 7) is 10.2. The van der Waals surface area contributed by atoms with Crippen molar-refractivity contribution in [3.8, 4) is 22.3 Å². The van der Waals surface area contributed by atoms with Crippen molar-refractivity contribution in [3.63, 3.8) is 0 Å². The molecule has 0 saturated carbocycles. The Kier molecular flexibility index (Phi) is 6.43. The summed E-state index contributed by atoms with van der Waals surface area (Å²) in [4.78, 5) is 0. The molecule has 0 spiro atoms. The molecular formula is C34H33HfSi. The average Bonchev–Trinajstić information content (AvgIpc) is 3.41. The number of fused-ring (bicyclic) bond motifs is 2. The molecule has 0 saturated heterocycles. The summed E-state index contributed by atoms with van der Waals surface area (Å²) >= 11 is -2.22. The third-order valence-corrected chi connectivity index (χ3v) is 39.5. The topological polar surface area (TPSA) is 0 Å². The van der Waals surface area contributed by atoms with Gasteiger partial charge in [0.15, 0.2) is 0 Å². The van der Waals surface area contributed by atoms with Gasteiger partial charge in [-0.2, -0.15) is 0 Å². The van der Waals surface area contributed by atoms with Gasteiger partial charge in [0.2, 0.25) is 0 Å². The van der Waals surface area contributed by atoms with Crippen LogP contribution in [0.15, 0.2) is 108 Å². The Morgan fingerprint density at radius 2 is 0.944 bits per heavy atom. The van der Waals surface area contributed by atoms with E-state index in [0.717, 1.165) is 0 Å². The first-order valence-electron chi connectivity index (χ1n) is 13.1. The van der Waals surface area contributed by atoms with E-state index in [2.05, 4.69) is 136 Å². The molecule has 2 atom stereocenters. The van der Waals surface area contributed by atoms with Crippen LogP contribution in [0, 0.1) is 0 Å². The molecule has 0 aromatic heterocycles.